The summed E-state index contributed by atoms with van der Waals surface area (Å²) >= 11 is 0. The highest BCUT2D eigenvalue weighted by Gasteiger charge is 2.08. The first-order valence-corrected chi connectivity index (χ1v) is 6.84. The number of hydrogen-bond donors (Lipinski definition) is 0. The summed E-state index contributed by atoms with van der Waals surface area (Å²) in [6.07, 6.45) is 0. The zero-order valence-corrected chi connectivity index (χ0v) is 11.5. The summed E-state index contributed by atoms with van der Waals surface area (Å²) in [5, 5.41) is 0. The zero-order valence-electron chi connectivity index (χ0n) is 11.5. The molecule has 0 aromatic heterocycles. The Labute approximate surface area is 123 Å². The zero-order chi connectivity index (χ0) is 14.5. The first-order chi connectivity index (χ1) is 10.3. The quantitative estimate of drug-likeness (QED) is 0.647. The van der Waals surface area contributed by atoms with Crippen LogP contribution < -0.4 is 4.74 Å². The molecule has 0 aliphatic carbocycles. The van der Waals surface area contributed by atoms with Gasteiger partial charge in [-0.25, -0.2) is 4.39 Å². The van der Waals surface area contributed by atoms with E-state index in [-0.39, 0.29) is 5.82 Å². The molecule has 0 atom stereocenters. The lowest BCUT2D eigenvalue weighted by Gasteiger charge is -2.12. The van der Waals surface area contributed by atoms with Gasteiger partial charge in [0.05, 0.1) is 0 Å². The van der Waals surface area contributed by atoms with Gasteiger partial charge in [-0.2, -0.15) is 0 Å². The maximum atomic E-state index is 13.5. The van der Waals surface area contributed by atoms with Crippen molar-refractivity contribution in [3.8, 4) is 16.9 Å². The van der Waals surface area contributed by atoms with Crippen molar-refractivity contribution in [2.24, 2.45) is 0 Å². The molecular weight excluding hydrogens is 263 g/mol. The average Bonchev–Trinajstić information content (AvgIpc) is 2.55. The second-order valence-corrected chi connectivity index (χ2v) is 4.78. The molecule has 1 nitrogen and oxygen atoms in total. The number of hydrogen-bond acceptors (Lipinski definition) is 1. The van der Waals surface area contributed by atoms with Gasteiger partial charge in [0.25, 0.3) is 0 Å². The molecule has 0 saturated heterocycles. The van der Waals surface area contributed by atoms with Crippen LogP contribution in [-0.4, -0.2) is 0 Å². The van der Waals surface area contributed by atoms with Crippen molar-refractivity contribution in [1.29, 1.82) is 0 Å². The second-order valence-electron chi connectivity index (χ2n) is 4.78. The third-order valence-corrected chi connectivity index (χ3v) is 3.26. The molecule has 3 aromatic carbocycles. The molecule has 0 amide bonds. The Balaban J connectivity index is 1.88. The summed E-state index contributed by atoms with van der Waals surface area (Å²) in [6, 6.07) is 24.2. The molecule has 0 aliphatic rings. The van der Waals surface area contributed by atoms with Crippen LogP contribution in [0.25, 0.3) is 11.1 Å². The molecule has 3 aromatic rings. The Morgan fingerprint density at radius 2 is 1.43 bits per heavy atom. The van der Waals surface area contributed by atoms with Gasteiger partial charge in [-0.15, -0.1) is 0 Å². The third-order valence-electron chi connectivity index (χ3n) is 3.26. The van der Waals surface area contributed by atoms with E-state index in [0.29, 0.717) is 12.4 Å². The van der Waals surface area contributed by atoms with Crippen molar-refractivity contribution in [3.63, 3.8) is 0 Å². The van der Waals surface area contributed by atoms with Crippen molar-refractivity contribution in [1.82, 2.24) is 0 Å². The molecule has 0 unspecified atom stereocenters. The highest BCUT2D eigenvalue weighted by Crippen LogP contribution is 2.31. The maximum Gasteiger partial charge on any atom is 0.127 e. The monoisotopic (exact) mass is 278 g/mol. The van der Waals surface area contributed by atoms with Crippen LogP contribution in [0.1, 0.15) is 5.56 Å². The van der Waals surface area contributed by atoms with E-state index in [4.69, 9.17) is 4.74 Å². The minimum Gasteiger partial charge on any atom is -0.488 e. The minimum absolute atomic E-state index is 0.263. The van der Waals surface area contributed by atoms with Gasteiger partial charge in [0.15, 0.2) is 0 Å². The molecule has 3 rings (SSSR count). The van der Waals surface area contributed by atoms with E-state index in [0.717, 1.165) is 16.7 Å². The maximum absolute atomic E-state index is 13.5. The molecule has 0 N–H and O–H groups in total. The van der Waals surface area contributed by atoms with Gasteiger partial charge in [0.2, 0.25) is 0 Å². The molecule has 0 radical (unpaired) electrons. The van der Waals surface area contributed by atoms with Crippen LogP contribution in [0.15, 0.2) is 78.9 Å². The molecule has 0 bridgehead atoms. The summed E-state index contributed by atoms with van der Waals surface area (Å²) in [4.78, 5) is 0. The molecule has 21 heavy (non-hydrogen) atoms. The molecule has 0 heterocycles. The summed E-state index contributed by atoms with van der Waals surface area (Å²) in [7, 11) is 0. The van der Waals surface area contributed by atoms with E-state index in [1.165, 1.54) is 12.1 Å². The highest BCUT2D eigenvalue weighted by atomic mass is 19.1. The SMILES string of the molecule is Fc1ccc(OCc2ccccc2)c(-c2ccccc2)c1. The highest BCUT2D eigenvalue weighted by molar-refractivity contribution is 5.70. The Kier molecular flexibility index (Phi) is 3.97. The van der Waals surface area contributed by atoms with E-state index in [1.54, 1.807) is 6.07 Å². The Hall–Kier alpha value is -2.61. The molecule has 0 aliphatic heterocycles. The van der Waals surface area contributed by atoms with E-state index in [1.807, 2.05) is 60.7 Å². The van der Waals surface area contributed by atoms with Crippen LogP contribution in [0, 0.1) is 5.82 Å². The van der Waals surface area contributed by atoms with Gasteiger partial charge < -0.3 is 4.74 Å². The predicted octanol–water partition coefficient (Wildman–Crippen LogP) is 5.07. The fourth-order valence-corrected chi connectivity index (χ4v) is 2.21. The normalized spacial score (nSPS) is 10.3. The van der Waals surface area contributed by atoms with Gasteiger partial charge >= 0.3 is 0 Å². The Bertz CT molecular complexity index is 708. The van der Waals surface area contributed by atoms with Crippen molar-refractivity contribution >= 4 is 0 Å². The van der Waals surface area contributed by atoms with Crippen molar-refractivity contribution < 1.29 is 9.13 Å². The first kappa shape index (κ1) is 13.4. The molecule has 0 saturated carbocycles. The van der Waals surface area contributed by atoms with Gasteiger partial charge in [0, 0.05) is 5.56 Å². The summed E-state index contributed by atoms with van der Waals surface area (Å²) in [5.41, 5.74) is 2.80. The summed E-state index contributed by atoms with van der Waals surface area (Å²) in [5.74, 6) is 0.423. The van der Waals surface area contributed by atoms with Crippen LogP contribution in [0.4, 0.5) is 4.39 Å². The number of halogens is 1. The molecule has 0 spiro atoms. The van der Waals surface area contributed by atoms with Gasteiger partial charge in [-0.05, 0) is 29.3 Å². The van der Waals surface area contributed by atoms with Crippen LogP contribution in [0.2, 0.25) is 0 Å². The standard InChI is InChI=1S/C19H15FO/c20-17-11-12-19(21-14-15-7-3-1-4-8-15)18(13-17)16-9-5-2-6-10-16/h1-13H,14H2. The molecular formula is C19H15FO. The minimum atomic E-state index is -0.263. The molecule has 2 heteroatoms. The van der Waals surface area contributed by atoms with Gasteiger partial charge in [-0.1, -0.05) is 60.7 Å². The number of benzene rings is 3. The largest absolute Gasteiger partial charge is 0.488 e. The first-order valence-electron chi connectivity index (χ1n) is 6.84. The smallest absolute Gasteiger partial charge is 0.127 e. The van der Waals surface area contributed by atoms with Crippen LogP contribution in [0.5, 0.6) is 5.75 Å². The topological polar surface area (TPSA) is 9.23 Å². The summed E-state index contributed by atoms with van der Waals surface area (Å²) < 4.78 is 19.4. The molecule has 0 fully saturated rings. The lowest BCUT2D eigenvalue weighted by Crippen LogP contribution is -1.97. The van der Waals surface area contributed by atoms with E-state index in [2.05, 4.69) is 0 Å². The van der Waals surface area contributed by atoms with E-state index < -0.39 is 0 Å². The van der Waals surface area contributed by atoms with E-state index >= 15 is 0 Å². The predicted molar refractivity (Wildman–Crippen MR) is 82.6 cm³/mol. The average molecular weight is 278 g/mol. The van der Waals surface area contributed by atoms with Crippen LogP contribution >= 0.6 is 0 Å². The number of ether oxygens (including phenoxy) is 1. The van der Waals surface area contributed by atoms with E-state index in [9.17, 15) is 4.39 Å². The second kappa shape index (κ2) is 6.23. The molecule has 104 valence electrons. The van der Waals surface area contributed by atoms with Gasteiger partial charge in [-0.3, -0.25) is 0 Å². The van der Waals surface area contributed by atoms with Crippen molar-refractivity contribution in [2.45, 2.75) is 6.61 Å². The fraction of sp³-hybridized carbons (Fsp3) is 0.0526. The fourth-order valence-electron chi connectivity index (χ4n) is 2.21. The lowest BCUT2D eigenvalue weighted by molar-refractivity contribution is 0.307. The van der Waals surface area contributed by atoms with Crippen LogP contribution in [0.3, 0.4) is 0 Å². The third kappa shape index (κ3) is 3.29. The number of rotatable bonds is 4. The van der Waals surface area contributed by atoms with Crippen LogP contribution in [-0.2, 0) is 6.61 Å². The lowest BCUT2D eigenvalue weighted by atomic mass is 10.0. The van der Waals surface area contributed by atoms with Crippen molar-refractivity contribution in [2.75, 3.05) is 0 Å². The van der Waals surface area contributed by atoms with Gasteiger partial charge in [0.1, 0.15) is 18.2 Å². The van der Waals surface area contributed by atoms with Crippen molar-refractivity contribution in [3.05, 3.63) is 90.2 Å². The summed E-state index contributed by atoms with van der Waals surface area (Å²) in [6.45, 7) is 0.465. The Morgan fingerprint density at radius 1 is 0.762 bits per heavy atom. The Morgan fingerprint density at radius 3 is 2.14 bits per heavy atom.